The second kappa shape index (κ2) is 6.02. The fourth-order valence-electron chi connectivity index (χ4n) is 1.79. The van der Waals surface area contributed by atoms with E-state index in [-0.39, 0.29) is 18.9 Å². The van der Waals surface area contributed by atoms with Gasteiger partial charge in [-0.05, 0) is 35.4 Å². The minimum atomic E-state index is -0.0950. The Morgan fingerprint density at radius 1 is 1.11 bits per heavy atom. The van der Waals surface area contributed by atoms with Crippen LogP contribution in [0.15, 0.2) is 48.5 Å². The number of benzene rings is 2. The molecule has 2 aromatic carbocycles. The summed E-state index contributed by atoms with van der Waals surface area (Å²) in [5.74, 6) is -0.0950. The number of aliphatic hydroxyl groups excluding tert-OH is 1. The van der Waals surface area contributed by atoms with Gasteiger partial charge in [-0.3, -0.25) is 4.79 Å². The van der Waals surface area contributed by atoms with Crippen molar-refractivity contribution in [1.82, 2.24) is 0 Å². The van der Waals surface area contributed by atoms with E-state index in [4.69, 9.17) is 10.8 Å². The van der Waals surface area contributed by atoms with Crippen LogP contribution in [0, 0.1) is 0 Å². The van der Waals surface area contributed by atoms with E-state index in [1.165, 1.54) is 0 Å². The van der Waals surface area contributed by atoms with E-state index in [9.17, 15) is 4.79 Å². The zero-order chi connectivity index (χ0) is 13.7. The first-order valence-corrected chi connectivity index (χ1v) is 6.01. The zero-order valence-electron chi connectivity index (χ0n) is 10.5. The zero-order valence-corrected chi connectivity index (χ0v) is 10.5. The van der Waals surface area contributed by atoms with Gasteiger partial charge in [-0.1, -0.05) is 24.3 Å². The number of carbonyl (C=O) groups excluding carboxylic acids is 1. The Hall–Kier alpha value is -2.33. The lowest BCUT2D eigenvalue weighted by molar-refractivity contribution is -0.115. The average molecular weight is 256 g/mol. The summed E-state index contributed by atoms with van der Waals surface area (Å²) in [6.45, 7) is -0.00246. The number of nitrogens with one attached hydrogen (secondary N) is 1. The number of hydrogen-bond acceptors (Lipinski definition) is 3. The second-order valence-electron chi connectivity index (χ2n) is 4.33. The number of amides is 1. The number of aliphatic hydroxyl groups is 1. The Morgan fingerprint density at radius 2 is 1.84 bits per heavy atom. The molecule has 2 rings (SSSR count). The first-order valence-electron chi connectivity index (χ1n) is 6.01. The van der Waals surface area contributed by atoms with Gasteiger partial charge in [0.25, 0.3) is 0 Å². The van der Waals surface area contributed by atoms with Crippen molar-refractivity contribution in [2.24, 2.45) is 0 Å². The summed E-state index contributed by atoms with van der Waals surface area (Å²) < 4.78 is 0. The van der Waals surface area contributed by atoms with Crippen molar-refractivity contribution in [1.29, 1.82) is 0 Å². The summed E-state index contributed by atoms with van der Waals surface area (Å²) in [6, 6.07) is 14.3. The minimum Gasteiger partial charge on any atom is -0.399 e. The Morgan fingerprint density at radius 3 is 2.47 bits per heavy atom. The Kier molecular flexibility index (Phi) is 4.15. The van der Waals surface area contributed by atoms with E-state index in [1.807, 2.05) is 12.1 Å². The summed E-state index contributed by atoms with van der Waals surface area (Å²) in [6.07, 6.45) is 0.285. The molecular weight excluding hydrogens is 240 g/mol. The number of nitrogens with two attached hydrogens (primary N) is 1. The van der Waals surface area contributed by atoms with Gasteiger partial charge in [0.2, 0.25) is 5.91 Å². The fraction of sp³-hybridized carbons (Fsp3) is 0.133. The van der Waals surface area contributed by atoms with E-state index in [0.717, 1.165) is 11.1 Å². The molecule has 0 aliphatic carbocycles. The first-order chi connectivity index (χ1) is 9.17. The van der Waals surface area contributed by atoms with E-state index >= 15 is 0 Å². The predicted molar refractivity (Wildman–Crippen MR) is 75.6 cm³/mol. The van der Waals surface area contributed by atoms with Gasteiger partial charge in [-0.2, -0.15) is 0 Å². The van der Waals surface area contributed by atoms with Crippen molar-refractivity contribution in [3.63, 3.8) is 0 Å². The molecule has 0 saturated heterocycles. The number of carbonyl (C=O) groups is 1. The smallest absolute Gasteiger partial charge is 0.228 e. The fourth-order valence-corrected chi connectivity index (χ4v) is 1.79. The lowest BCUT2D eigenvalue weighted by atomic mass is 10.1. The van der Waals surface area contributed by atoms with Gasteiger partial charge in [-0.25, -0.2) is 0 Å². The molecule has 4 N–H and O–H groups in total. The normalized spacial score (nSPS) is 10.2. The third kappa shape index (κ3) is 3.82. The summed E-state index contributed by atoms with van der Waals surface area (Å²) in [4.78, 5) is 11.8. The van der Waals surface area contributed by atoms with Gasteiger partial charge in [0.15, 0.2) is 0 Å². The maximum Gasteiger partial charge on any atom is 0.228 e. The minimum absolute atomic E-state index is 0.00246. The highest BCUT2D eigenvalue weighted by Crippen LogP contribution is 2.11. The molecule has 0 bridgehead atoms. The third-order valence-electron chi connectivity index (χ3n) is 2.74. The number of rotatable bonds is 4. The number of anilines is 2. The van der Waals surface area contributed by atoms with Crippen LogP contribution >= 0.6 is 0 Å². The van der Waals surface area contributed by atoms with Crippen molar-refractivity contribution < 1.29 is 9.90 Å². The SMILES string of the molecule is Nc1cccc(CC(=O)Nc2ccc(CO)cc2)c1. The van der Waals surface area contributed by atoms with Crippen LogP contribution in [0.3, 0.4) is 0 Å². The van der Waals surface area contributed by atoms with E-state index in [1.54, 1.807) is 36.4 Å². The maximum atomic E-state index is 11.8. The van der Waals surface area contributed by atoms with Crippen LogP contribution in [-0.2, 0) is 17.8 Å². The monoisotopic (exact) mass is 256 g/mol. The number of nitrogen functional groups attached to an aromatic ring is 1. The van der Waals surface area contributed by atoms with E-state index in [0.29, 0.717) is 11.4 Å². The largest absolute Gasteiger partial charge is 0.399 e. The van der Waals surface area contributed by atoms with Crippen molar-refractivity contribution in [2.45, 2.75) is 13.0 Å². The molecule has 0 heterocycles. The molecule has 98 valence electrons. The molecule has 0 unspecified atom stereocenters. The van der Waals surface area contributed by atoms with Crippen molar-refractivity contribution >= 4 is 17.3 Å². The van der Waals surface area contributed by atoms with Crippen molar-refractivity contribution in [3.05, 3.63) is 59.7 Å². The summed E-state index contributed by atoms with van der Waals surface area (Å²) in [7, 11) is 0. The highest BCUT2D eigenvalue weighted by molar-refractivity contribution is 5.92. The Labute approximate surface area is 111 Å². The quantitative estimate of drug-likeness (QED) is 0.732. The van der Waals surface area contributed by atoms with Gasteiger partial charge in [0, 0.05) is 11.4 Å². The van der Waals surface area contributed by atoms with Crippen molar-refractivity contribution in [3.8, 4) is 0 Å². The van der Waals surface area contributed by atoms with Crippen molar-refractivity contribution in [2.75, 3.05) is 11.1 Å². The highest BCUT2D eigenvalue weighted by atomic mass is 16.3. The van der Waals surface area contributed by atoms with Crippen LogP contribution in [0.5, 0.6) is 0 Å². The molecule has 0 aliphatic rings. The molecule has 0 radical (unpaired) electrons. The van der Waals surface area contributed by atoms with E-state index < -0.39 is 0 Å². The molecule has 2 aromatic rings. The van der Waals surface area contributed by atoms with E-state index in [2.05, 4.69) is 5.32 Å². The highest BCUT2D eigenvalue weighted by Gasteiger charge is 2.04. The molecule has 19 heavy (non-hydrogen) atoms. The molecule has 0 aliphatic heterocycles. The van der Waals surface area contributed by atoms with Gasteiger partial charge in [-0.15, -0.1) is 0 Å². The van der Waals surface area contributed by atoms with Gasteiger partial charge in [0.05, 0.1) is 13.0 Å². The number of hydrogen-bond donors (Lipinski definition) is 3. The first kappa shape index (κ1) is 13.1. The molecule has 0 saturated carbocycles. The standard InChI is InChI=1S/C15H16N2O2/c16-13-3-1-2-12(8-13)9-15(19)17-14-6-4-11(10-18)5-7-14/h1-8,18H,9-10,16H2,(H,17,19). The van der Waals surface area contributed by atoms with Crippen LogP contribution < -0.4 is 11.1 Å². The maximum absolute atomic E-state index is 11.8. The van der Waals surface area contributed by atoms with Crippen LogP contribution in [-0.4, -0.2) is 11.0 Å². The predicted octanol–water partition coefficient (Wildman–Crippen LogP) is 1.94. The summed E-state index contributed by atoms with van der Waals surface area (Å²) in [5, 5.41) is 11.7. The molecule has 0 spiro atoms. The van der Waals surface area contributed by atoms with Crippen LogP contribution in [0.1, 0.15) is 11.1 Å². The average Bonchev–Trinajstić information content (AvgIpc) is 2.39. The topological polar surface area (TPSA) is 75.4 Å². The molecule has 0 atom stereocenters. The van der Waals surface area contributed by atoms with Gasteiger partial charge in [0.1, 0.15) is 0 Å². The molecule has 0 fully saturated rings. The van der Waals surface area contributed by atoms with Gasteiger partial charge < -0.3 is 16.2 Å². The van der Waals surface area contributed by atoms with Gasteiger partial charge >= 0.3 is 0 Å². The third-order valence-corrected chi connectivity index (χ3v) is 2.74. The Balaban J connectivity index is 1.97. The van der Waals surface area contributed by atoms with Crippen LogP contribution in [0.4, 0.5) is 11.4 Å². The lowest BCUT2D eigenvalue weighted by Crippen LogP contribution is -2.14. The summed E-state index contributed by atoms with van der Waals surface area (Å²) in [5.41, 5.74) is 8.72. The molecule has 4 nitrogen and oxygen atoms in total. The molecule has 0 aromatic heterocycles. The molecule has 4 heteroatoms. The molecule has 1 amide bonds. The molecular formula is C15H16N2O2. The second-order valence-corrected chi connectivity index (χ2v) is 4.33. The summed E-state index contributed by atoms with van der Waals surface area (Å²) >= 11 is 0. The Bertz CT molecular complexity index is 565. The van der Waals surface area contributed by atoms with Crippen LogP contribution in [0.2, 0.25) is 0 Å². The van der Waals surface area contributed by atoms with Crippen LogP contribution in [0.25, 0.3) is 0 Å². The lowest BCUT2D eigenvalue weighted by Gasteiger charge is -2.06.